The topological polar surface area (TPSA) is 64.1 Å². The van der Waals surface area contributed by atoms with Gasteiger partial charge in [0.2, 0.25) is 0 Å². The Kier molecular flexibility index (Phi) is 3.45. The first-order chi connectivity index (χ1) is 8.38. The van der Waals surface area contributed by atoms with Crippen molar-refractivity contribution in [3.8, 4) is 0 Å². The fourth-order valence-electron chi connectivity index (χ4n) is 1.48. The van der Waals surface area contributed by atoms with Gasteiger partial charge in [-0.05, 0) is 39.8 Å². The zero-order valence-corrected chi connectivity index (χ0v) is 11.8. The molecule has 1 aromatic carbocycles. The van der Waals surface area contributed by atoms with Gasteiger partial charge < -0.3 is 4.55 Å². The van der Waals surface area contributed by atoms with Crippen molar-refractivity contribution in [2.45, 2.75) is 32.4 Å². The number of aromatic nitrogens is 2. The second-order valence-electron chi connectivity index (χ2n) is 5.21. The zero-order valence-electron chi connectivity index (χ0n) is 11.0. The minimum atomic E-state index is -1.23. The van der Waals surface area contributed by atoms with Crippen LogP contribution in [0.25, 0.3) is 10.9 Å². The molecule has 0 bridgehead atoms. The number of H-pyrrole nitrogens is 1. The smallest absolute Gasteiger partial charge is 0.144 e. The molecule has 0 aliphatic heterocycles. The van der Waals surface area contributed by atoms with Crippen molar-refractivity contribution in [1.82, 2.24) is 10.2 Å². The molecule has 1 N–H and O–H groups in total. The number of nitrogens with zero attached hydrogens (tertiary/aromatic N) is 2. The van der Waals surface area contributed by atoms with Crippen molar-refractivity contribution in [2.75, 3.05) is 0 Å². The molecule has 1 atom stereocenters. The van der Waals surface area contributed by atoms with E-state index in [9.17, 15) is 4.55 Å². The third-order valence-corrected chi connectivity index (χ3v) is 4.09. The molecule has 1 aromatic heterocycles. The summed E-state index contributed by atoms with van der Waals surface area (Å²) >= 11 is -1.23. The van der Waals surface area contributed by atoms with Gasteiger partial charge in [-0.15, -0.1) is 0 Å². The Morgan fingerprint density at radius 1 is 1.39 bits per heavy atom. The van der Waals surface area contributed by atoms with Crippen molar-refractivity contribution in [3.63, 3.8) is 0 Å². The van der Waals surface area contributed by atoms with Crippen molar-refractivity contribution in [3.05, 3.63) is 30.0 Å². The summed E-state index contributed by atoms with van der Waals surface area (Å²) in [6.07, 6.45) is 1.77. The lowest BCUT2D eigenvalue weighted by atomic mass is 10.1. The second kappa shape index (κ2) is 4.74. The first-order valence-electron chi connectivity index (χ1n) is 5.79. The predicted molar refractivity (Wildman–Crippen MR) is 76.2 cm³/mol. The summed E-state index contributed by atoms with van der Waals surface area (Å²) in [5, 5.41) is 7.91. The van der Waals surface area contributed by atoms with Crippen LogP contribution in [0.2, 0.25) is 0 Å². The molecule has 2 aromatic rings. The SMILES string of the molecule is CC(=N[S+]([O-])C(C)(C)C)c1ccc2[nH]ncc2c1. The highest BCUT2D eigenvalue weighted by Gasteiger charge is 2.26. The molecule has 0 amide bonds. The third kappa shape index (κ3) is 2.73. The maximum atomic E-state index is 12.0. The molecular weight excluding hydrogens is 246 g/mol. The van der Waals surface area contributed by atoms with Gasteiger partial charge in [0.25, 0.3) is 0 Å². The van der Waals surface area contributed by atoms with E-state index >= 15 is 0 Å². The molecule has 1 heterocycles. The van der Waals surface area contributed by atoms with Crippen LogP contribution >= 0.6 is 0 Å². The second-order valence-corrected chi connectivity index (χ2v) is 7.12. The number of hydrogen-bond acceptors (Lipinski definition) is 3. The Labute approximate surface area is 110 Å². The summed E-state index contributed by atoms with van der Waals surface area (Å²) in [5.74, 6) is 0. The maximum absolute atomic E-state index is 12.0. The monoisotopic (exact) mass is 263 g/mol. The highest BCUT2D eigenvalue weighted by Crippen LogP contribution is 2.19. The van der Waals surface area contributed by atoms with Gasteiger partial charge >= 0.3 is 0 Å². The minimum absolute atomic E-state index is 0.332. The van der Waals surface area contributed by atoms with Crippen LogP contribution in [0.5, 0.6) is 0 Å². The van der Waals surface area contributed by atoms with Gasteiger partial charge in [0, 0.05) is 10.9 Å². The first-order valence-corrected chi connectivity index (χ1v) is 6.89. The zero-order chi connectivity index (χ0) is 13.3. The van der Waals surface area contributed by atoms with Crippen LogP contribution < -0.4 is 0 Å². The van der Waals surface area contributed by atoms with Crippen LogP contribution in [0.1, 0.15) is 33.3 Å². The van der Waals surface area contributed by atoms with Crippen molar-refractivity contribution in [1.29, 1.82) is 0 Å². The molecule has 0 radical (unpaired) electrons. The molecule has 18 heavy (non-hydrogen) atoms. The fraction of sp³-hybridized carbons (Fsp3) is 0.385. The van der Waals surface area contributed by atoms with Crippen LogP contribution in [0.3, 0.4) is 0 Å². The Hall–Kier alpha value is -1.33. The number of benzene rings is 1. The van der Waals surface area contributed by atoms with Crippen LogP contribution in [-0.4, -0.2) is 25.2 Å². The maximum Gasteiger partial charge on any atom is 0.144 e. The summed E-state index contributed by atoms with van der Waals surface area (Å²) in [6.45, 7) is 7.63. The molecule has 0 saturated heterocycles. The number of hydrogen-bond donors (Lipinski definition) is 1. The van der Waals surface area contributed by atoms with Gasteiger partial charge in [-0.1, -0.05) is 10.5 Å². The Morgan fingerprint density at radius 3 is 2.78 bits per heavy atom. The molecule has 1 unspecified atom stereocenters. The number of nitrogens with one attached hydrogen (secondary N) is 1. The Morgan fingerprint density at radius 2 is 2.11 bits per heavy atom. The van der Waals surface area contributed by atoms with E-state index in [0.29, 0.717) is 0 Å². The van der Waals surface area contributed by atoms with Gasteiger partial charge in [-0.25, -0.2) is 0 Å². The molecule has 4 nitrogen and oxygen atoms in total. The van der Waals surface area contributed by atoms with Gasteiger partial charge in [0.05, 0.1) is 17.4 Å². The van der Waals surface area contributed by atoms with Gasteiger partial charge in [0.15, 0.2) is 0 Å². The normalized spacial score (nSPS) is 15.1. The molecular formula is C13H17N3OS. The quantitative estimate of drug-likeness (QED) is 0.669. The summed E-state index contributed by atoms with van der Waals surface area (Å²) in [4.78, 5) is 0. The average Bonchev–Trinajstić information content (AvgIpc) is 2.74. The molecule has 0 spiro atoms. The van der Waals surface area contributed by atoms with Crippen molar-refractivity contribution in [2.24, 2.45) is 4.40 Å². The first kappa shape index (κ1) is 13.1. The average molecular weight is 263 g/mol. The van der Waals surface area contributed by atoms with E-state index in [1.54, 1.807) is 6.20 Å². The Bertz CT molecular complexity index is 583. The summed E-state index contributed by atoms with van der Waals surface area (Å²) in [5.41, 5.74) is 2.75. The molecule has 5 heteroatoms. The highest BCUT2D eigenvalue weighted by atomic mass is 32.2. The van der Waals surface area contributed by atoms with Crippen LogP contribution in [0.15, 0.2) is 28.8 Å². The number of aromatic amines is 1. The van der Waals surface area contributed by atoms with E-state index in [2.05, 4.69) is 14.6 Å². The largest absolute Gasteiger partial charge is 0.591 e. The van der Waals surface area contributed by atoms with Crippen LogP contribution in [0, 0.1) is 0 Å². The van der Waals surface area contributed by atoms with E-state index in [1.165, 1.54) is 0 Å². The van der Waals surface area contributed by atoms with Gasteiger partial charge in [-0.2, -0.15) is 5.10 Å². The van der Waals surface area contributed by atoms with Crippen LogP contribution in [-0.2, 0) is 11.4 Å². The number of rotatable bonds is 2. The lowest BCUT2D eigenvalue weighted by Crippen LogP contribution is -2.26. The molecule has 0 saturated carbocycles. The molecule has 0 aliphatic rings. The van der Waals surface area contributed by atoms with Gasteiger partial charge in [-0.3, -0.25) is 5.10 Å². The molecule has 2 rings (SSSR count). The van der Waals surface area contributed by atoms with Crippen LogP contribution in [0.4, 0.5) is 0 Å². The molecule has 96 valence electrons. The summed E-state index contributed by atoms with van der Waals surface area (Å²) < 4.78 is 15.9. The molecule has 0 fully saturated rings. The lowest BCUT2D eigenvalue weighted by Gasteiger charge is -2.18. The van der Waals surface area contributed by atoms with E-state index in [1.807, 2.05) is 45.9 Å². The van der Waals surface area contributed by atoms with Crippen molar-refractivity contribution >= 4 is 28.0 Å². The standard InChI is InChI=1S/C13H17N3OS/c1-9(16-18(17)13(2,3)4)10-5-6-12-11(7-10)8-14-15-12/h5-8H,1-4H3,(H,14,15). The third-order valence-electron chi connectivity index (χ3n) is 2.60. The van der Waals surface area contributed by atoms with Gasteiger partial charge in [0.1, 0.15) is 16.1 Å². The van der Waals surface area contributed by atoms with E-state index in [-0.39, 0.29) is 4.75 Å². The van der Waals surface area contributed by atoms with E-state index < -0.39 is 11.4 Å². The van der Waals surface area contributed by atoms with E-state index in [4.69, 9.17) is 0 Å². The van der Waals surface area contributed by atoms with Crippen molar-refractivity contribution < 1.29 is 4.55 Å². The fourth-order valence-corrected chi connectivity index (χ4v) is 2.11. The molecule has 0 aliphatic carbocycles. The lowest BCUT2D eigenvalue weighted by molar-refractivity contribution is 0.561. The highest BCUT2D eigenvalue weighted by molar-refractivity contribution is 7.91. The summed E-state index contributed by atoms with van der Waals surface area (Å²) in [7, 11) is 0. The summed E-state index contributed by atoms with van der Waals surface area (Å²) in [6, 6.07) is 5.91. The Balaban J connectivity index is 2.32. The predicted octanol–water partition coefficient (Wildman–Crippen LogP) is 2.83. The number of fused-ring (bicyclic) bond motifs is 1. The minimum Gasteiger partial charge on any atom is -0.591 e. The van der Waals surface area contributed by atoms with E-state index in [0.717, 1.165) is 22.2 Å².